The number of aryl methyl sites for hydroxylation is 2. The molecule has 1 aliphatic rings. The van der Waals surface area contributed by atoms with Crippen LogP contribution in [0.2, 0.25) is 0 Å². The number of methoxy groups -OCH3 is 1. The Balaban J connectivity index is 1.79. The summed E-state index contributed by atoms with van der Waals surface area (Å²) >= 11 is 0. The van der Waals surface area contributed by atoms with Gasteiger partial charge in [-0.1, -0.05) is 18.2 Å². The Bertz CT molecular complexity index is 805. The Labute approximate surface area is 157 Å². The second-order valence-corrected chi connectivity index (χ2v) is 6.85. The Morgan fingerprint density at radius 3 is 2.89 bits per heavy atom. The van der Waals surface area contributed by atoms with E-state index in [0.29, 0.717) is 24.3 Å². The molecule has 0 fully saturated rings. The van der Waals surface area contributed by atoms with E-state index in [1.165, 1.54) is 7.11 Å². The molecule has 27 heavy (non-hydrogen) atoms. The molecule has 0 amide bonds. The van der Waals surface area contributed by atoms with E-state index in [1.54, 1.807) is 18.2 Å². The molecule has 3 rings (SSSR count). The van der Waals surface area contributed by atoms with Gasteiger partial charge in [0.25, 0.3) is 0 Å². The number of esters is 1. The van der Waals surface area contributed by atoms with Crippen LogP contribution >= 0.6 is 0 Å². The molecular formula is C20H24F2N2O3. The van der Waals surface area contributed by atoms with Crippen molar-refractivity contribution in [3.63, 3.8) is 0 Å². The molecule has 2 aromatic rings. The zero-order chi connectivity index (χ0) is 19.4. The molecule has 146 valence electrons. The molecule has 0 bridgehead atoms. The van der Waals surface area contributed by atoms with E-state index < -0.39 is 6.61 Å². The van der Waals surface area contributed by atoms with Crippen molar-refractivity contribution < 1.29 is 23.0 Å². The first-order chi connectivity index (χ1) is 13.0. The Morgan fingerprint density at radius 2 is 2.15 bits per heavy atom. The van der Waals surface area contributed by atoms with Gasteiger partial charge in [0.15, 0.2) is 0 Å². The Hall–Kier alpha value is -2.44. The first-order valence-corrected chi connectivity index (χ1v) is 9.12. The number of aromatic nitrogens is 2. The number of hydrogen-bond donors (Lipinski definition) is 0. The maximum absolute atomic E-state index is 12.7. The predicted molar refractivity (Wildman–Crippen MR) is 95.9 cm³/mol. The highest BCUT2D eigenvalue weighted by atomic mass is 19.3. The molecule has 0 N–H and O–H groups in total. The van der Waals surface area contributed by atoms with Crippen LogP contribution in [0.15, 0.2) is 24.3 Å². The number of carbonyl (C=O) groups is 1. The van der Waals surface area contributed by atoms with Crippen LogP contribution in [0.5, 0.6) is 5.75 Å². The third kappa shape index (κ3) is 4.64. The molecule has 0 saturated carbocycles. The minimum Gasteiger partial charge on any atom is -0.469 e. The van der Waals surface area contributed by atoms with Crippen molar-refractivity contribution in [1.29, 1.82) is 0 Å². The molecular weight excluding hydrogens is 354 g/mol. The first kappa shape index (κ1) is 19.3. The summed E-state index contributed by atoms with van der Waals surface area (Å²) in [4.78, 5) is 16.1. The lowest BCUT2D eigenvalue weighted by molar-refractivity contribution is -0.141. The van der Waals surface area contributed by atoms with Gasteiger partial charge in [-0.15, -0.1) is 0 Å². The average Bonchev–Trinajstić information content (AvgIpc) is 2.95. The lowest BCUT2D eigenvalue weighted by atomic mass is 9.94. The molecule has 2 heterocycles. The molecule has 1 unspecified atom stereocenters. The number of benzene rings is 1. The number of nitrogens with zero attached hydrogens (tertiary/aromatic N) is 2. The summed E-state index contributed by atoms with van der Waals surface area (Å²) in [6.45, 7) is -0.129. The number of alkyl halides is 2. The summed E-state index contributed by atoms with van der Waals surface area (Å²) in [7, 11) is 1.40. The van der Waals surface area contributed by atoms with Crippen molar-refractivity contribution in [3.05, 3.63) is 47.0 Å². The molecule has 0 spiro atoms. The maximum atomic E-state index is 12.7. The molecule has 1 aliphatic heterocycles. The molecule has 0 aliphatic carbocycles. The summed E-state index contributed by atoms with van der Waals surface area (Å²) in [5.74, 6) is 1.39. The lowest BCUT2D eigenvalue weighted by Crippen LogP contribution is -2.23. The number of hydrogen-bond acceptors (Lipinski definition) is 4. The number of para-hydroxylation sites is 1. The number of carbonyl (C=O) groups excluding carboxylic acids is 1. The maximum Gasteiger partial charge on any atom is 0.387 e. The van der Waals surface area contributed by atoms with Crippen molar-refractivity contribution >= 4 is 5.97 Å². The topological polar surface area (TPSA) is 53.4 Å². The zero-order valence-electron chi connectivity index (χ0n) is 15.6. The van der Waals surface area contributed by atoms with E-state index in [1.807, 2.05) is 13.0 Å². The third-order valence-corrected chi connectivity index (χ3v) is 5.10. The molecule has 1 aromatic carbocycles. The summed E-state index contributed by atoms with van der Waals surface area (Å²) < 4.78 is 36.9. The molecule has 1 atom stereocenters. The van der Waals surface area contributed by atoms with Crippen molar-refractivity contribution in [2.45, 2.75) is 52.2 Å². The summed E-state index contributed by atoms with van der Waals surface area (Å²) in [5.41, 5.74) is 2.63. The Morgan fingerprint density at radius 1 is 1.37 bits per heavy atom. The van der Waals surface area contributed by atoms with Gasteiger partial charge in [-0.2, -0.15) is 8.78 Å². The van der Waals surface area contributed by atoms with Crippen LogP contribution in [0.1, 0.15) is 42.0 Å². The standard InChI is InChI=1S/C20H24F2N2O3/c1-13-16(11-15-5-3-4-6-17(15)27-20(21)22)24-12-14(7-9-18(24)23-13)8-10-19(25)26-2/h3-6,14,20H,7-12H2,1-2H3. The van der Waals surface area contributed by atoms with Crippen molar-refractivity contribution in [3.8, 4) is 5.75 Å². The van der Waals surface area contributed by atoms with Gasteiger partial charge in [-0.05, 0) is 31.7 Å². The van der Waals surface area contributed by atoms with Crippen LogP contribution < -0.4 is 4.74 Å². The van der Waals surface area contributed by atoms with Gasteiger partial charge < -0.3 is 14.0 Å². The van der Waals surface area contributed by atoms with Crippen LogP contribution in [-0.4, -0.2) is 29.2 Å². The van der Waals surface area contributed by atoms with E-state index in [4.69, 9.17) is 4.74 Å². The van der Waals surface area contributed by atoms with E-state index in [-0.39, 0.29) is 11.7 Å². The fraction of sp³-hybridized carbons (Fsp3) is 0.500. The minimum atomic E-state index is -2.85. The van der Waals surface area contributed by atoms with Gasteiger partial charge >= 0.3 is 12.6 Å². The van der Waals surface area contributed by atoms with E-state index in [0.717, 1.165) is 43.0 Å². The summed E-state index contributed by atoms with van der Waals surface area (Å²) in [5, 5.41) is 0. The minimum absolute atomic E-state index is 0.194. The highest BCUT2D eigenvalue weighted by Crippen LogP contribution is 2.30. The fourth-order valence-corrected chi connectivity index (χ4v) is 3.68. The molecule has 0 radical (unpaired) electrons. The van der Waals surface area contributed by atoms with Gasteiger partial charge in [0, 0.05) is 37.1 Å². The average molecular weight is 378 g/mol. The van der Waals surface area contributed by atoms with Crippen molar-refractivity contribution in [1.82, 2.24) is 9.55 Å². The highest BCUT2D eigenvalue weighted by Gasteiger charge is 2.25. The summed E-state index contributed by atoms with van der Waals surface area (Å²) in [6.07, 6.45) is 3.49. The monoisotopic (exact) mass is 378 g/mol. The molecule has 7 heteroatoms. The number of rotatable bonds is 7. The van der Waals surface area contributed by atoms with Gasteiger partial charge in [0.1, 0.15) is 11.6 Å². The van der Waals surface area contributed by atoms with Gasteiger partial charge in [-0.3, -0.25) is 4.79 Å². The van der Waals surface area contributed by atoms with Crippen LogP contribution in [0, 0.1) is 12.8 Å². The molecule has 5 nitrogen and oxygen atoms in total. The highest BCUT2D eigenvalue weighted by molar-refractivity contribution is 5.69. The Kier molecular flexibility index (Phi) is 6.08. The van der Waals surface area contributed by atoms with Crippen molar-refractivity contribution in [2.24, 2.45) is 5.92 Å². The quantitative estimate of drug-likeness (QED) is 0.686. The number of ether oxygens (including phenoxy) is 2. The van der Waals surface area contributed by atoms with Gasteiger partial charge in [0.2, 0.25) is 0 Å². The zero-order valence-corrected chi connectivity index (χ0v) is 15.6. The fourth-order valence-electron chi connectivity index (χ4n) is 3.68. The van der Waals surface area contributed by atoms with Crippen LogP contribution in [-0.2, 0) is 28.9 Å². The number of halogens is 2. The number of fused-ring (bicyclic) bond motifs is 1. The van der Waals surface area contributed by atoms with Crippen molar-refractivity contribution in [2.75, 3.05) is 7.11 Å². The van der Waals surface area contributed by atoms with Crippen LogP contribution in [0.4, 0.5) is 8.78 Å². The van der Waals surface area contributed by atoms with Crippen LogP contribution in [0.25, 0.3) is 0 Å². The second kappa shape index (κ2) is 8.50. The summed E-state index contributed by atoms with van der Waals surface area (Å²) in [6, 6.07) is 6.86. The smallest absolute Gasteiger partial charge is 0.387 e. The van der Waals surface area contributed by atoms with Gasteiger partial charge in [0.05, 0.1) is 12.8 Å². The second-order valence-electron chi connectivity index (χ2n) is 6.85. The van der Waals surface area contributed by atoms with Crippen LogP contribution in [0.3, 0.4) is 0 Å². The predicted octanol–water partition coefficient (Wildman–Crippen LogP) is 3.90. The number of imidazole rings is 1. The normalized spacial score (nSPS) is 16.3. The largest absolute Gasteiger partial charge is 0.469 e. The molecule has 0 saturated heterocycles. The molecule has 1 aromatic heterocycles. The third-order valence-electron chi connectivity index (χ3n) is 5.10. The van der Waals surface area contributed by atoms with Gasteiger partial charge in [-0.25, -0.2) is 4.98 Å². The first-order valence-electron chi connectivity index (χ1n) is 9.12. The SMILES string of the molecule is COC(=O)CCC1CCc2nc(C)c(Cc3ccccc3OC(F)F)n2C1. The lowest BCUT2D eigenvalue weighted by Gasteiger charge is -2.25. The van der Waals surface area contributed by atoms with E-state index >= 15 is 0 Å². The van der Waals surface area contributed by atoms with E-state index in [9.17, 15) is 13.6 Å². The van der Waals surface area contributed by atoms with E-state index in [2.05, 4.69) is 14.3 Å².